The van der Waals surface area contributed by atoms with Crippen molar-refractivity contribution in [2.45, 2.75) is 26.2 Å². The standard InChI is InChI=1S/C10H18NSi2/c1-12(13(2,3)4)10-7-5-6-9(11)8-10/h5-8H,11H2,1-4H3. The number of benzene rings is 1. The van der Waals surface area contributed by atoms with Gasteiger partial charge in [0, 0.05) is 13.3 Å². The van der Waals surface area contributed by atoms with Crippen LogP contribution < -0.4 is 10.9 Å². The number of hydrogen-bond acceptors (Lipinski definition) is 1. The molecule has 0 fully saturated rings. The Morgan fingerprint density at radius 2 is 1.85 bits per heavy atom. The van der Waals surface area contributed by atoms with Crippen molar-refractivity contribution >= 4 is 26.8 Å². The Balaban J connectivity index is 2.96. The third-order valence-electron chi connectivity index (χ3n) is 2.44. The Bertz CT molecular complexity index is 291. The molecule has 0 unspecified atom stereocenters. The zero-order chi connectivity index (χ0) is 10.1. The Morgan fingerprint density at radius 3 is 2.31 bits per heavy atom. The molecule has 0 amide bonds. The first-order valence-corrected chi connectivity index (χ1v) is 11.1. The lowest BCUT2D eigenvalue weighted by molar-refractivity contribution is 1.71. The van der Waals surface area contributed by atoms with Gasteiger partial charge in [0.05, 0.1) is 8.31 Å². The number of rotatable bonds is 2. The molecule has 0 saturated carbocycles. The van der Waals surface area contributed by atoms with E-state index in [0.29, 0.717) is 0 Å². The summed E-state index contributed by atoms with van der Waals surface area (Å²) in [5.41, 5.74) is 6.67. The predicted octanol–water partition coefficient (Wildman–Crippen LogP) is 2.02. The van der Waals surface area contributed by atoms with Gasteiger partial charge in [-0.15, -0.1) is 0 Å². The molecule has 1 nitrogen and oxygen atoms in total. The Kier molecular flexibility index (Phi) is 2.98. The van der Waals surface area contributed by atoms with Crippen LogP contribution in [0.4, 0.5) is 5.69 Å². The van der Waals surface area contributed by atoms with Crippen LogP contribution in [-0.4, -0.2) is 15.9 Å². The first kappa shape index (κ1) is 10.5. The lowest BCUT2D eigenvalue weighted by atomic mass is 10.3. The molecule has 0 aliphatic carbocycles. The van der Waals surface area contributed by atoms with Gasteiger partial charge in [0.2, 0.25) is 0 Å². The molecule has 0 spiro atoms. The van der Waals surface area contributed by atoms with Crippen LogP contribution >= 0.6 is 0 Å². The smallest absolute Gasteiger partial charge is 0.0739 e. The van der Waals surface area contributed by atoms with Crippen LogP contribution in [0.5, 0.6) is 0 Å². The molecular formula is C10H18NSi2. The summed E-state index contributed by atoms with van der Waals surface area (Å²) in [5, 5.41) is 1.49. The zero-order valence-corrected chi connectivity index (χ0v) is 10.9. The van der Waals surface area contributed by atoms with Crippen LogP contribution in [0.25, 0.3) is 0 Å². The summed E-state index contributed by atoms with van der Waals surface area (Å²) in [6.07, 6.45) is 0. The van der Waals surface area contributed by atoms with E-state index in [1.807, 2.05) is 6.07 Å². The van der Waals surface area contributed by atoms with Crippen molar-refractivity contribution < 1.29 is 0 Å². The second-order valence-corrected chi connectivity index (χ2v) is 17.6. The van der Waals surface area contributed by atoms with Gasteiger partial charge in [0.1, 0.15) is 0 Å². The lowest BCUT2D eigenvalue weighted by Crippen LogP contribution is -2.49. The molecule has 0 aromatic heterocycles. The van der Waals surface area contributed by atoms with Crippen LogP contribution in [0.2, 0.25) is 26.2 Å². The molecule has 71 valence electrons. The average Bonchev–Trinajstić information content (AvgIpc) is 2.01. The van der Waals surface area contributed by atoms with E-state index in [2.05, 4.69) is 44.4 Å². The van der Waals surface area contributed by atoms with E-state index in [1.165, 1.54) is 5.19 Å². The average molecular weight is 208 g/mol. The quantitative estimate of drug-likeness (QED) is 0.584. The second-order valence-electron chi connectivity index (χ2n) is 4.50. The molecule has 3 heteroatoms. The minimum atomic E-state index is -0.978. The van der Waals surface area contributed by atoms with Gasteiger partial charge in [0.15, 0.2) is 0 Å². The summed E-state index contributed by atoms with van der Waals surface area (Å²) in [5.74, 6) is 0. The van der Waals surface area contributed by atoms with E-state index < -0.39 is 7.59 Å². The molecule has 0 bridgehead atoms. The molecular weight excluding hydrogens is 190 g/mol. The molecule has 0 aliphatic rings. The molecule has 0 saturated heterocycles. The maximum atomic E-state index is 5.77. The van der Waals surface area contributed by atoms with Crippen molar-refractivity contribution in [3.8, 4) is 0 Å². The molecule has 2 N–H and O–H groups in total. The van der Waals surface area contributed by atoms with Crippen molar-refractivity contribution in [1.29, 1.82) is 0 Å². The molecule has 1 aromatic rings. The highest BCUT2D eigenvalue weighted by Crippen LogP contribution is 2.08. The monoisotopic (exact) mass is 208 g/mol. The second kappa shape index (κ2) is 3.68. The topological polar surface area (TPSA) is 26.0 Å². The van der Waals surface area contributed by atoms with Crippen LogP contribution in [0.3, 0.4) is 0 Å². The number of hydrogen-bond donors (Lipinski definition) is 1. The summed E-state index contributed by atoms with van der Waals surface area (Å²) in [6, 6.07) is 8.40. The molecule has 1 aromatic carbocycles. The highest BCUT2D eigenvalue weighted by molar-refractivity contribution is 7.36. The Morgan fingerprint density at radius 1 is 1.23 bits per heavy atom. The highest BCUT2D eigenvalue weighted by atomic mass is 29.2. The van der Waals surface area contributed by atoms with Gasteiger partial charge in [-0.2, -0.15) is 0 Å². The molecule has 0 aliphatic heterocycles. The molecule has 13 heavy (non-hydrogen) atoms. The minimum absolute atomic E-state index is 0.346. The van der Waals surface area contributed by atoms with Crippen molar-refractivity contribution in [2.75, 3.05) is 5.73 Å². The number of nitrogens with two attached hydrogens (primary N) is 1. The Hall–Kier alpha value is -0.546. The van der Waals surface area contributed by atoms with Crippen molar-refractivity contribution in [3.05, 3.63) is 24.3 Å². The van der Waals surface area contributed by atoms with E-state index in [-0.39, 0.29) is 8.31 Å². The van der Waals surface area contributed by atoms with Crippen LogP contribution in [0.1, 0.15) is 0 Å². The molecule has 1 rings (SSSR count). The first-order chi connectivity index (χ1) is 5.91. The predicted molar refractivity (Wildman–Crippen MR) is 65.5 cm³/mol. The van der Waals surface area contributed by atoms with Gasteiger partial charge in [-0.05, 0) is 12.1 Å². The maximum absolute atomic E-state index is 5.77. The fraction of sp³-hybridized carbons (Fsp3) is 0.400. The van der Waals surface area contributed by atoms with Crippen molar-refractivity contribution in [3.63, 3.8) is 0 Å². The summed E-state index contributed by atoms with van der Waals surface area (Å²) in [4.78, 5) is 0. The minimum Gasteiger partial charge on any atom is -0.399 e. The van der Waals surface area contributed by atoms with E-state index >= 15 is 0 Å². The van der Waals surface area contributed by atoms with E-state index in [1.54, 1.807) is 0 Å². The Labute approximate surface area is 83.4 Å². The lowest BCUT2D eigenvalue weighted by Gasteiger charge is -2.23. The van der Waals surface area contributed by atoms with E-state index in [4.69, 9.17) is 5.73 Å². The van der Waals surface area contributed by atoms with Crippen LogP contribution in [-0.2, 0) is 0 Å². The van der Waals surface area contributed by atoms with E-state index in [0.717, 1.165) is 5.69 Å². The summed E-state index contributed by atoms with van der Waals surface area (Å²) in [6.45, 7) is 9.71. The number of anilines is 1. The fourth-order valence-corrected chi connectivity index (χ4v) is 5.86. The highest BCUT2D eigenvalue weighted by Gasteiger charge is 2.25. The summed E-state index contributed by atoms with van der Waals surface area (Å²) < 4.78 is 0. The summed E-state index contributed by atoms with van der Waals surface area (Å²) in [7, 11) is -1.32. The molecule has 0 heterocycles. The van der Waals surface area contributed by atoms with Crippen molar-refractivity contribution in [1.82, 2.24) is 0 Å². The van der Waals surface area contributed by atoms with Crippen molar-refractivity contribution in [2.24, 2.45) is 0 Å². The normalized spacial score (nSPS) is 12.1. The number of nitrogen functional groups attached to an aromatic ring is 1. The largest absolute Gasteiger partial charge is 0.399 e. The zero-order valence-electron chi connectivity index (χ0n) is 8.89. The van der Waals surface area contributed by atoms with Gasteiger partial charge in [-0.3, -0.25) is 0 Å². The fourth-order valence-electron chi connectivity index (χ4n) is 1.20. The van der Waals surface area contributed by atoms with Crippen LogP contribution in [0.15, 0.2) is 24.3 Å². The SMILES string of the molecule is C[Si](c1cccc(N)c1)[Si](C)(C)C. The van der Waals surface area contributed by atoms with Crippen LogP contribution in [0, 0.1) is 0 Å². The third kappa shape index (κ3) is 2.70. The first-order valence-electron chi connectivity index (χ1n) is 4.61. The van der Waals surface area contributed by atoms with Gasteiger partial charge in [-0.1, -0.05) is 43.5 Å². The molecule has 1 radical (unpaired) electrons. The van der Waals surface area contributed by atoms with Gasteiger partial charge in [-0.25, -0.2) is 0 Å². The van der Waals surface area contributed by atoms with E-state index in [9.17, 15) is 0 Å². The third-order valence-corrected chi connectivity index (χ3v) is 13.5. The van der Waals surface area contributed by atoms with Gasteiger partial charge < -0.3 is 5.73 Å². The maximum Gasteiger partial charge on any atom is 0.0739 e. The molecule has 0 atom stereocenters. The summed E-state index contributed by atoms with van der Waals surface area (Å²) >= 11 is 0. The van der Waals surface area contributed by atoms with Gasteiger partial charge in [0.25, 0.3) is 0 Å². The van der Waals surface area contributed by atoms with Gasteiger partial charge >= 0.3 is 0 Å².